The Hall–Kier alpha value is -1.10. The van der Waals surface area contributed by atoms with Crippen molar-refractivity contribution in [3.63, 3.8) is 0 Å². The lowest BCUT2D eigenvalue weighted by Crippen LogP contribution is -2.41. The van der Waals surface area contributed by atoms with E-state index in [9.17, 15) is 9.59 Å². The lowest BCUT2D eigenvalue weighted by molar-refractivity contribution is -0.131. The first-order chi connectivity index (χ1) is 7.41. The van der Waals surface area contributed by atoms with E-state index in [1.165, 1.54) is 0 Å². The van der Waals surface area contributed by atoms with Gasteiger partial charge in [0.05, 0.1) is 6.04 Å². The van der Waals surface area contributed by atoms with Gasteiger partial charge in [0.25, 0.3) is 0 Å². The average molecular weight is 227 g/mol. The van der Waals surface area contributed by atoms with Crippen molar-refractivity contribution in [1.82, 2.24) is 9.80 Å². The van der Waals surface area contributed by atoms with Crippen LogP contribution in [-0.2, 0) is 9.59 Å². The van der Waals surface area contributed by atoms with Gasteiger partial charge in [-0.05, 0) is 19.3 Å². The Bertz CT molecular complexity index is 278. The Balaban J connectivity index is 2.41. The largest absolute Gasteiger partial charge is 0.346 e. The summed E-state index contributed by atoms with van der Waals surface area (Å²) in [4.78, 5) is 26.2. The molecule has 2 atom stereocenters. The van der Waals surface area contributed by atoms with E-state index in [0.29, 0.717) is 5.92 Å². The van der Waals surface area contributed by atoms with Crippen LogP contribution in [0.5, 0.6) is 0 Å². The van der Waals surface area contributed by atoms with Crippen LogP contribution in [0.3, 0.4) is 0 Å². The minimum Gasteiger partial charge on any atom is -0.346 e. The van der Waals surface area contributed by atoms with Crippen molar-refractivity contribution in [2.24, 2.45) is 11.7 Å². The molecule has 2 amide bonds. The summed E-state index contributed by atoms with van der Waals surface area (Å²) in [5.41, 5.74) is 5.55. The predicted octanol–water partition coefficient (Wildman–Crippen LogP) is -0.340. The Morgan fingerprint density at radius 1 is 1.56 bits per heavy atom. The molecule has 1 saturated heterocycles. The standard InChI is InChI=1S/C11H21N3O2/c1-8(12)11(16)14-5-4-10(7-14)6-13(3)9(2)15/h8,10H,4-7,12H2,1-3H3. The van der Waals surface area contributed by atoms with E-state index in [1.54, 1.807) is 30.7 Å². The zero-order valence-corrected chi connectivity index (χ0v) is 10.3. The highest BCUT2D eigenvalue weighted by atomic mass is 16.2. The maximum absolute atomic E-state index is 11.6. The number of likely N-dealkylation sites (tertiary alicyclic amines) is 1. The number of rotatable bonds is 3. The Labute approximate surface area is 96.6 Å². The van der Waals surface area contributed by atoms with Gasteiger partial charge in [-0.25, -0.2) is 0 Å². The van der Waals surface area contributed by atoms with Crippen LogP contribution < -0.4 is 5.73 Å². The average Bonchev–Trinajstić information content (AvgIpc) is 2.64. The Morgan fingerprint density at radius 2 is 2.19 bits per heavy atom. The first-order valence-corrected chi connectivity index (χ1v) is 5.68. The maximum Gasteiger partial charge on any atom is 0.239 e. The van der Waals surface area contributed by atoms with Crippen LogP contribution in [-0.4, -0.2) is 54.3 Å². The van der Waals surface area contributed by atoms with Gasteiger partial charge >= 0.3 is 0 Å². The van der Waals surface area contributed by atoms with Gasteiger partial charge in [0.15, 0.2) is 0 Å². The normalized spacial score (nSPS) is 22.0. The van der Waals surface area contributed by atoms with Crippen LogP contribution in [0.15, 0.2) is 0 Å². The smallest absolute Gasteiger partial charge is 0.239 e. The second kappa shape index (κ2) is 5.30. The molecule has 2 unspecified atom stereocenters. The molecule has 1 aliphatic heterocycles. The second-order valence-corrected chi connectivity index (χ2v) is 4.63. The number of hydrogen-bond donors (Lipinski definition) is 1. The van der Waals surface area contributed by atoms with Gasteiger partial charge in [-0.15, -0.1) is 0 Å². The van der Waals surface area contributed by atoms with E-state index in [2.05, 4.69) is 0 Å². The number of hydrogen-bond acceptors (Lipinski definition) is 3. The maximum atomic E-state index is 11.6. The SMILES string of the molecule is CC(=O)N(C)CC1CCN(C(=O)C(C)N)C1. The number of carbonyl (C=O) groups is 2. The number of amides is 2. The molecule has 0 spiro atoms. The molecule has 1 aliphatic rings. The summed E-state index contributed by atoms with van der Waals surface area (Å²) in [5.74, 6) is 0.460. The third-order valence-electron chi connectivity index (χ3n) is 3.06. The molecule has 0 aromatic rings. The molecule has 5 heteroatoms. The number of carbonyl (C=O) groups excluding carboxylic acids is 2. The van der Waals surface area contributed by atoms with Gasteiger partial charge < -0.3 is 15.5 Å². The fourth-order valence-corrected chi connectivity index (χ4v) is 1.99. The molecule has 1 fully saturated rings. The molecule has 92 valence electrons. The molecule has 0 saturated carbocycles. The van der Waals surface area contributed by atoms with Gasteiger partial charge in [0.1, 0.15) is 0 Å². The lowest BCUT2D eigenvalue weighted by atomic mass is 10.1. The summed E-state index contributed by atoms with van der Waals surface area (Å²) < 4.78 is 0. The zero-order chi connectivity index (χ0) is 12.3. The molecule has 1 rings (SSSR count). The summed E-state index contributed by atoms with van der Waals surface area (Å²) in [6, 6.07) is -0.427. The molecule has 0 radical (unpaired) electrons. The van der Waals surface area contributed by atoms with Gasteiger partial charge in [-0.1, -0.05) is 0 Å². The quantitative estimate of drug-likeness (QED) is 0.717. The van der Waals surface area contributed by atoms with E-state index in [0.717, 1.165) is 26.1 Å². The van der Waals surface area contributed by atoms with Crippen LogP contribution in [0.4, 0.5) is 0 Å². The van der Waals surface area contributed by atoms with E-state index >= 15 is 0 Å². The zero-order valence-electron chi connectivity index (χ0n) is 10.3. The molecule has 5 nitrogen and oxygen atoms in total. The van der Waals surface area contributed by atoms with Crippen molar-refractivity contribution in [3.05, 3.63) is 0 Å². The molecule has 16 heavy (non-hydrogen) atoms. The molecule has 2 N–H and O–H groups in total. The molecule has 0 bridgehead atoms. The summed E-state index contributed by atoms with van der Waals surface area (Å²) in [6.07, 6.45) is 0.954. The highest BCUT2D eigenvalue weighted by molar-refractivity contribution is 5.81. The van der Waals surface area contributed by atoms with Gasteiger partial charge in [-0.2, -0.15) is 0 Å². The Kier molecular flexibility index (Phi) is 4.29. The lowest BCUT2D eigenvalue weighted by Gasteiger charge is -2.21. The highest BCUT2D eigenvalue weighted by Crippen LogP contribution is 2.17. The van der Waals surface area contributed by atoms with Crippen LogP contribution in [0.2, 0.25) is 0 Å². The molecule has 0 aliphatic carbocycles. The summed E-state index contributed by atoms with van der Waals surface area (Å²) in [7, 11) is 1.79. The van der Waals surface area contributed by atoms with E-state index < -0.39 is 6.04 Å². The summed E-state index contributed by atoms with van der Waals surface area (Å²) in [6.45, 7) is 5.46. The van der Waals surface area contributed by atoms with Crippen LogP contribution in [0, 0.1) is 5.92 Å². The fourth-order valence-electron chi connectivity index (χ4n) is 1.99. The third-order valence-corrected chi connectivity index (χ3v) is 3.06. The predicted molar refractivity (Wildman–Crippen MR) is 61.6 cm³/mol. The molecular weight excluding hydrogens is 206 g/mol. The van der Waals surface area contributed by atoms with Gasteiger partial charge in [0, 0.05) is 33.6 Å². The first kappa shape index (κ1) is 13.0. The first-order valence-electron chi connectivity index (χ1n) is 5.68. The van der Waals surface area contributed by atoms with Gasteiger partial charge in [0.2, 0.25) is 11.8 Å². The number of nitrogens with two attached hydrogens (primary N) is 1. The molecule has 1 heterocycles. The summed E-state index contributed by atoms with van der Waals surface area (Å²) >= 11 is 0. The molecular formula is C11H21N3O2. The fraction of sp³-hybridized carbons (Fsp3) is 0.818. The van der Waals surface area contributed by atoms with Crippen LogP contribution in [0.1, 0.15) is 20.3 Å². The molecule has 0 aromatic heterocycles. The number of nitrogens with zero attached hydrogens (tertiary/aromatic N) is 2. The van der Waals surface area contributed by atoms with Crippen molar-refractivity contribution in [2.45, 2.75) is 26.3 Å². The minimum absolute atomic E-state index is 0.00739. The van der Waals surface area contributed by atoms with Crippen molar-refractivity contribution >= 4 is 11.8 Å². The van der Waals surface area contributed by atoms with E-state index in [1.807, 2.05) is 0 Å². The minimum atomic E-state index is -0.427. The summed E-state index contributed by atoms with van der Waals surface area (Å²) in [5, 5.41) is 0. The van der Waals surface area contributed by atoms with Crippen molar-refractivity contribution < 1.29 is 9.59 Å². The van der Waals surface area contributed by atoms with E-state index in [4.69, 9.17) is 5.73 Å². The Morgan fingerprint density at radius 3 is 2.69 bits per heavy atom. The monoisotopic (exact) mass is 227 g/mol. The third kappa shape index (κ3) is 3.20. The van der Waals surface area contributed by atoms with Crippen molar-refractivity contribution in [3.8, 4) is 0 Å². The van der Waals surface area contributed by atoms with Crippen molar-refractivity contribution in [2.75, 3.05) is 26.7 Å². The van der Waals surface area contributed by atoms with Crippen LogP contribution in [0.25, 0.3) is 0 Å². The molecule has 0 aromatic carbocycles. The van der Waals surface area contributed by atoms with E-state index in [-0.39, 0.29) is 11.8 Å². The van der Waals surface area contributed by atoms with Crippen LogP contribution >= 0.6 is 0 Å². The highest BCUT2D eigenvalue weighted by Gasteiger charge is 2.28. The second-order valence-electron chi connectivity index (χ2n) is 4.63. The topological polar surface area (TPSA) is 66.6 Å². The van der Waals surface area contributed by atoms with Gasteiger partial charge in [-0.3, -0.25) is 9.59 Å². The van der Waals surface area contributed by atoms with Crippen molar-refractivity contribution in [1.29, 1.82) is 0 Å².